The molecular weight excluding hydrogens is 228 g/mol. The lowest BCUT2D eigenvalue weighted by molar-refractivity contribution is 0.682. The topological polar surface area (TPSA) is 17.1 Å². The van der Waals surface area contributed by atoms with Gasteiger partial charge in [0.25, 0.3) is 0 Å². The fourth-order valence-corrected chi connectivity index (χ4v) is 3.06. The van der Waals surface area contributed by atoms with Gasteiger partial charge in [0.1, 0.15) is 0 Å². The SMILES string of the molecule is CCc1ccccc1S(=O)c1ccc(C)cc1. The zero-order valence-corrected chi connectivity index (χ0v) is 11.0. The molecule has 1 unspecified atom stereocenters. The van der Waals surface area contributed by atoms with Crippen LogP contribution in [-0.2, 0) is 17.2 Å². The standard InChI is InChI=1S/C15H16OS/c1-3-13-6-4-5-7-15(13)17(16)14-10-8-12(2)9-11-14/h4-11H,3H2,1-2H3. The van der Waals surface area contributed by atoms with E-state index in [1.165, 1.54) is 5.56 Å². The van der Waals surface area contributed by atoms with Crippen LogP contribution in [0, 0.1) is 6.92 Å². The fourth-order valence-electron chi connectivity index (χ4n) is 1.77. The van der Waals surface area contributed by atoms with E-state index in [2.05, 4.69) is 6.92 Å². The molecule has 0 aliphatic carbocycles. The number of hydrogen-bond donors (Lipinski definition) is 0. The lowest BCUT2D eigenvalue weighted by Gasteiger charge is -2.07. The molecule has 0 saturated carbocycles. The Kier molecular flexibility index (Phi) is 3.75. The summed E-state index contributed by atoms with van der Waals surface area (Å²) in [6.07, 6.45) is 0.910. The van der Waals surface area contributed by atoms with Gasteiger partial charge in [-0.25, -0.2) is 4.21 Å². The van der Waals surface area contributed by atoms with Gasteiger partial charge in [-0.3, -0.25) is 0 Å². The molecule has 1 nitrogen and oxygen atoms in total. The molecule has 0 saturated heterocycles. The highest BCUT2D eigenvalue weighted by molar-refractivity contribution is 7.85. The molecule has 0 N–H and O–H groups in total. The van der Waals surface area contributed by atoms with Crippen LogP contribution in [0.3, 0.4) is 0 Å². The molecular formula is C15H16OS. The minimum atomic E-state index is -1.07. The monoisotopic (exact) mass is 244 g/mol. The minimum Gasteiger partial charge on any atom is -0.249 e. The maximum atomic E-state index is 12.4. The van der Waals surface area contributed by atoms with E-state index in [1.807, 2.05) is 55.5 Å². The Bertz CT molecular complexity index is 529. The molecule has 88 valence electrons. The summed E-state index contributed by atoms with van der Waals surface area (Å²) in [5, 5.41) is 0. The van der Waals surface area contributed by atoms with Crippen LogP contribution in [0.15, 0.2) is 58.3 Å². The van der Waals surface area contributed by atoms with E-state index in [-0.39, 0.29) is 0 Å². The summed E-state index contributed by atoms with van der Waals surface area (Å²) < 4.78 is 12.4. The Morgan fingerprint density at radius 2 is 1.65 bits per heavy atom. The third kappa shape index (κ3) is 2.64. The Morgan fingerprint density at radius 3 is 2.29 bits per heavy atom. The van der Waals surface area contributed by atoms with Crippen LogP contribution in [0.2, 0.25) is 0 Å². The van der Waals surface area contributed by atoms with Crippen molar-refractivity contribution < 1.29 is 4.21 Å². The molecule has 0 radical (unpaired) electrons. The summed E-state index contributed by atoms with van der Waals surface area (Å²) in [5.74, 6) is 0. The quantitative estimate of drug-likeness (QED) is 0.804. The molecule has 2 rings (SSSR count). The molecule has 0 amide bonds. The molecule has 0 bridgehead atoms. The van der Waals surface area contributed by atoms with Crippen molar-refractivity contribution in [2.45, 2.75) is 30.1 Å². The molecule has 0 aliphatic rings. The minimum absolute atomic E-state index is 0.872. The van der Waals surface area contributed by atoms with Crippen molar-refractivity contribution in [2.75, 3.05) is 0 Å². The maximum Gasteiger partial charge on any atom is 0.0852 e. The first kappa shape index (κ1) is 12.1. The van der Waals surface area contributed by atoms with E-state index in [1.54, 1.807) is 0 Å². The zero-order valence-electron chi connectivity index (χ0n) is 10.1. The average Bonchev–Trinajstić information content (AvgIpc) is 2.39. The van der Waals surface area contributed by atoms with Crippen LogP contribution < -0.4 is 0 Å². The third-order valence-electron chi connectivity index (χ3n) is 2.79. The first-order chi connectivity index (χ1) is 8.22. The van der Waals surface area contributed by atoms with Crippen molar-refractivity contribution >= 4 is 10.8 Å². The Labute approximate surface area is 105 Å². The van der Waals surface area contributed by atoms with Crippen molar-refractivity contribution in [1.29, 1.82) is 0 Å². The molecule has 2 heteroatoms. The summed E-state index contributed by atoms with van der Waals surface area (Å²) >= 11 is 0. The lowest BCUT2D eigenvalue weighted by atomic mass is 10.2. The van der Waals surface area contributed by atoms with Gasteiger partial charge in [0.15, 0.2) is 0 Å². The van der Waals surface area contributed by atoms with Crippen LogP contribution >= 0.6 is 0 Å². The fraction of sp³-hybridized carbons (Fsp3) is 0.200. The zero-order chi connectivity index (χ0) is 12.3. The highest BCUT2D eigenvalue weighted by atomic mass is 32.2. The summed E-state index contributed by atoms with van der Waals surface area (Å²) in [7, 11) is -1.07. The van der Waals surface area contributed by atoms with Crippen LogP contribution in [0.1, 0.15) is 18.1 Å². The largest absolute Gasteiger partial charge is 0.249 e. The molecule has 2 aromatic carbocycles. The van der Waals surface area contributed by atoms with Gasteiger partial charge in [-0.2, -0.15) is 0 Å². The van der Waals surface area contributed by atoms with Crippen LogP contribution in [0.5, 0.6) is 0 Å². The molecule has 0 fully saturated rings. The van der Waals surface area contributed by atoms with Crippen molar-refractivity contribution in [3.05, 3.63) is 59.7 Å². The highest BCUT2D eigenvalue weighted by Gasteiger charge is 2.10. The first-order valence-electron chi connectivity index (χ1n) is 5.78. The lowest BCUT2D eigenvalue weighted by Crippen LogP contribution is -1.97. The molecule has 0 spiro atoms. The highest BCUT2D eigenvalue weighted by Crippen LogP contribution is 2.20. The normalized spacial score (nSPS) is 12.4. The van der Waals surface area contributed by atoms with Crippen LogP contribution in [0.25, 0.3) is 0 Å². The van der Waals surface area contributed by atoms with Crippen molar-refractivity contribution in [1.82, 2.24) is 0 Å². The van der Waals surface area contributed by atoms with Gasteiger partial charge in [-0.05, 0) is 37.1 Å². The molecule has 0 aromatic heterocycles. The van der Waals surface area contributed by atoms with Gasteiger partial charge >= 0.3 is 0 Å². The Hall–Kier alpha value is -1.41. The number of hydrogen-bond acceptors (Lipinski definition) is 1. The van der Waals surface area contributed by atoms with E-state index < -0.39 is 10.8 Å². The van der Waals surface area contributed by atoms with Crippen molar-refractivity contribution in [3.63, 3.8) is 0 Å². The van der Waals surface area contributed by atoms with Crippen LogP contribution in [-0.4, -0.2) is 4.21 Å². The summed E-state index contributed by atoms with van der Waals surface area (Å²) in [4.78, 5) is 1.80. The Morgan fingerprint density at radius 1 is 1.00 bits per heavy atom. The molecule has 2 aromatic rings. The van der Waals surface area contributed by atoms with Crippen molar-refractivity contribution in [3.8, 4) is 0 Å². The predicted octanol–water partition coefficient (Wildman–Crippen LogP) is 3.72. The van der Waals surface area contributed by atoms with Gasteiger partial charge in [0, 0.05) is 9.79 Å². The average molecular weight is 244 g/mol. The van der Waals surface area contributed by atoms with Gasteiger partial charge < -0.3 is 0 Å². The van der Waals surface area contributed by atoms with Gasteiger partial charge in [-0.15, -0.1) is 0 Å². The third-order valence-corrected chi connectivity index (χ3v) is 4.29. The summed E-state index contributed by atoms with van der Waals surface area (Å²) in [6, 6.07) is 15.8. The van der Waals surface area contributed by atoms with Gasteiger partial charge in [0.2, 0.25) is 0 Å². The van der Waals surface area contributed by atoms with E-state index in [0.717, 1.165) is 21.8 Å². The maximum absolute atomic E-state index is 12.4. The number of rotatable bonds is 3. The smallest absolute Gasteiger partial charge is 0.0852 e. The summed E-state index contributed by atoms with van der Waals surface area (Å²) in [5.41, 5.74) is 2.35. The van der Waals surface area contributed by atoms with E-state index in [4.69, 9.17) is 0 Å². The van der Waals surface area contributed by atoms with Crippen LogP contribution in [0.4, 0.5) is 0 Å². The van der Waals surface area contributed by atoms with E-state index in [9.17, 15) is 4.21 Å². The second-order valence-corrected chi connectivity index (χ2v) is 5.49. The predicted molar refractivity (Wildman–Crippen MR) is 71.7 cm³/mol. The second-order valence-electron chi connectivity index (χ2n) is 4.04. The summed E-state index contributed by atoms with van der Waals surface area (Å²) in [6.45, 7) is 4.12. The Balaban J connectivity index is 2.40. The first-order valence-corrected chi connectivity index (χ1v) is 6.93. The molecule has 1 atom stereocenters. The van der Waals surface area contributed by atoms with Gasteiger partial charge in [-0.1, -0.05) is 42.8 Å². The molecule has 17 heavy (non-hydrogen) atoms. The second kappa shape index (κ2) is 5.28. The van der Waals surface area contributed by atoms with Crippen molar-refractivity contribution in [2.24, 2.45) is 0 Å². The number of aryl methyl sites for hydroxylation is 2. The van der Waals surface area contributed by atoms with E-state index >= 15 is 0 Å². The molecule has 0 aliphatic heterocycles. The van der Waals surface area contributed by atoms with E-state index in [0.29, 0.717) is 0 Å². The number of benzene rings is 2. The van der Waals surface area contributed by atoms with Gasteiger partial charge in [0.05, 0.1) is 10.8 Å². The molecule has 0 heterocycles.